The maximum Gasteiger partial charge on any atom is 0.272 e. The molecule has 5 rings (SSSR count). The number of amides is 1. The Kier molecular flexibility index (Phi) is 11.3. The molecule has 10 heteroatoms. The summed E-state index contributed by atoms with van der Waals surface area (Å²) in [5, 5.41) is 12.2. The van der Waals surface area contributed by atoms with Crippen molar-refractivity contribution in [2.75, 3.05) is 26.8 Å². The predicted octanol–water partition coefficient (Wildman–Crippen LogP) is 6.73. The highest BCUT2D eigenvalue weighted by Crippen LogP contribution is 2.43. The molecule has 2 heterocycles. The van der Waals surface area contributed by atoms with Crippen LogP contribution in [0, 0.1) is 5.92 Å². The first-order valence-electron chi connectivity index (χ1n) is 14.9. The van der Waals surface area contributed by atoms with Crippen LogP contribution < -0.4 is 5.32 Å². The first-order valence-corrected chi connectivity index (χ1v) is 16.1. The number of aliphatic hydroxyl groups is 1. The van der Waals surface area contributed by atoms with Crippen LogP contribution in [0.15, 0.2) is 72.8 Å². The Balaban J connectivity index is 1.39. The van der Waals surface area contributed by atoms with Gasteiger partial charge in [0.15, 0.2) is 6.29 Å². The zero-order valence-corrected chi connectivity index (χ0v) is 27.2. The third kappa shape index (κ3) is 8.14. The quantitative estimate of drug-likeness (QED) is 0.235. The number of methoxy groups -OCH3 is 1. The zero-order valence-electron chi connectivity index (χ0n) is 24.9. The average molecular weight is 662 g/mol. The van der Waals surface area contributed by atoms with Crippen molar-refractivity contribution in [1.82, 2.24) is 10.2 Å². The number of carbonyl (C=O) groups is 1. The molecule has 7 nitrogen and oxygen atoms in total. The highest BCUT2D eigenvalue weighted by atomic mass is 35.6. The molecule has 2 aliphatic heterocycles. The Morgan fingerprint density at radius 3 is 2.43 bits per heavy atom. The summed E-state index contributed by atoms with van der Waals surface area (Å²) in [6.07, 6.45) is 1.44. The largest absolute Gasteiger partial charge is 0.392 e. The lowest BCUT2D eigenvalue weighted by atomic mass is 9.89. The van der Waals surface area contributed by atoms with Gasteiger partial charge in [-0.1, -0.05) is 102 Å². The molecule has 3 aromatic rings. The molecule has 0 saturated carbocycles. The summed E-state index contributed by atoms with van der Waals surface area (Å²) in [5.74, 6) is -0.578. The summed E-state index contributed by atoms with van der Waals surface area (Å²) in [5.41, 5.74) is 5.68. The summed E-state index contributed by atoms with van der Waals surface area (Å²) in [4.78, 5) is 14.5. The molecule has 0 spiro atoms. The Hall–Kier alpha value is -2.20. The summed E-state index contributed by atoms with van der Waals surface area (Å²) in [7, 11) is 1.76. The number of ether oxygens (including phenoxy) is 3. The second-order valence-corrected chi connectivity index (χ2v) is 13.9. The van der Waals surface area contributed by atoms with E-state index in [1.165, 1.54) is 0 Å². The number of likely N-dealkylation sites (tertiary alicyclic amines) is 1. The van der Waals surface area contributed by atoms with E-state index in [4.69, 9.17) is 49.0 Å². The van der Waals surface area contributed by atoms with Gasteiger partial charge in [-0.25, -0.2) is 0 Å². The van der Waals surface area contributed by atoms with Crippen molar-refractivity contribution >= 4 is 40.7 Å². The van der Waals surface area contributed by atoms with Gasteiger partial charge in [0.05, 0.1) is 25.4 Å². The first kappa shape index (κ1) is 33.2. The second-order valence-electron chi connectivity index (χ2n) is 11.6. The molecular weight excluding hydrogens is 623 g/mol. The Bertz CT molecular complexity index is 1400. The smallest absolute Gasteiger partial charge is 0.272 e. The highest BCUT2D eigenvalue weighted by Gasteiger charge is 2.40. The number of halogens is 3. The van der Waals surface area contributed by atoms with Gasteiger partial charge in [0, 0.05) is 37.7 Å². The first-order chi connectivity index (χ1) is 21.2. The van der Waals surface area contributed by atoms with Gasteiger partial charge in [0.2, 0.25) is 0 Å². The molecule has 0 radical (unpaired) electrons. The lowest BCUT2D eigenvalue weighted by molar-refractivity contribution is -0.276. The number of benzene rings is 3. The Morgan fingerprint density at radius 1 is 1.00 bits per heavy atom. The lowest BCUT2D eigenvalue weighted by Gasteiger charge is -2.43. The fourth-order valence-corrected chi connectivity index (χ4v) is 6.28. The minimum Gasteiger partial charge on any atom is -0.392 e. The van der Waals surface area contributed by atoms with E-state index in [2.05, 4.69) is 23.2 Å². The van der Waals surface area contributed by atoms with Crippen molar-refractivity contribution in [2.24, 2.45) is 5.92 Å². The van der Waals surface area contributed by atoms with Crippen LogP contribution in [-0.4, -0.2) is 58.7 Å². The number of hydrogen-bond donors (Lipinski definition) is 2. The van der Waals surface area contributed by atoms with Crippen molar-refractivity contribution in [3.63, 3.8) is 0 Å². The number of nitrogens with one attached hydrogen (secondary N) is 1. The van der Waals surface area contributed by atoms with Gasteiger partial charge in [0.1, 0.15) is 0 Å². The lowest BCUT2D eigenvalue weighted by Crippen LogP contribution is -2.46. The monoisotopic (exact) mass is 660 g/mol. The number of aliphatic hydroxyl groups excluding tert-OH is 1. The molecule has 44 heavy (non-hydrogen) atoms. The van der Waals surface area contributed by atoms with Crippen molar-refractivity contribution < 1.29 is 24.1 Å². The topological polar surface area (TPSA) is 80.3 Å². The molecule has 2 N–H and O–H groups in total. The summed E-state index contributed by atoms with van der Waals surface area (Å²) in [6.45, 7) is 4.95. The standard InChI is InChI=1S/C34H39Cl3N2O5/c1-22-30(19-39-15-5-10-29(39)21-42-2)43-32(44-31(22)25-13-11-23(20-40)12-14-25)28-9-4-8-27(17-28)26-7-3-6-24(16-26)18-38-33(41)34(35,36)37/h3-4,6-9,11-14,16-17,22,29-32,40H,5,10,15,18-21H2,1-2H3,(H,38,41). The van der Waals surface area contributed by atoms with Crippen molar-refractivity contribution in [3.05, 3.63) is 95.1 Å². The predicted molar refractivity (Wildman–Crippen MR) is 173 cm³/mol. The molecule has 0 aromatic heterocycles. The number of rotatable bonds is 10. The maximum absolute atomic E-state index is 12.0. The zero-order chi connectivity index (χ0) is 31.3. The van der Waals surface area contributed by atoms with E-state index >= 15 is 0 Å². The number of nitrogens with zero attached hydrogens (tertiary/aromatic N) is 1. The van der Waals surface area contributed by atoms with Gasteiger partial charge in [-0.3, -0.25) is 9.69 Å². The maximum atomic E-state index is 12.0. The molecular formula is C34H39Cl3N2O5. The van der Waals surface area contributed by atoms with Gasteiger partial charge in [-0.2, -0.15) is 0 Å². The van der Waals surface area contributed by atoms with E-state index in [1.807, 2.05) is 66.7 Å². The van der Waals surface area contributed by atoms with Crippen LogP contribution in [0.25, 0.3) is 11.1 Å². The van der Waals surface area contributed by atoms with Crippen molar-refractivity contribution in [2.45, 2.75) is 61.2 Å². The summed E-state index contributed by atoms with van der Waals surface area (Å²) in [6, 6.07) is 24.4. The van der Waals surface area contributed by atoms with Crippen LogP contribution in [0.2, 0.25) is 0 Å². The number of hydrogen-bond acceptors (Lipinski definition) is 6. The van der Waals surface area contributed by atoms with E-state index < -0.39 is 16.0 Å². The molecule has 2 aliphatic rings. The fourth-order valence-electron chi connectivity index (χ4n) is 6.08. The molecule has 0 bridgehead atoms. The SMILES string of the molecule is COCC1CCCN1CC1OC(c2cccc(-c3cccc(CNC(=O)C(Cl)(Cl)Cl)c3)c2)OC(c2ccc(CO)cc2)C1C. The Labute approximate surface area is 274 Å². The molecule has 0 aliphatic carbocycles. The number of carbonyl (C=O) groups excluding carboxylic acids is 1. The van der Waals surface area contributed by atoms with Gasteiger partial charge < -0.3 is 24.6 Å². The van der Waals surface area contributed by atoms with Gasteiger partial charge in [-0.15, -0.1) is 0 Å². The van der Waals surface area contributed by atoms with Crippen LogP contribution in [0.1, 0.15) is 54.4 Å². The highest BCUT2D eigenvalue weighted by molar-refractivity contribution is 6.76. The van der Waals surface area contributed by atoms with Gasteiger partial charge >= 0.3 is 0 Å². The van der Waals surface area contributed by atoms with Crippen LogP contribution in [0.5, 0.6) is 0 Å². The normalized spacial score (nSPS) is 24.4. The average Bonchev–Trinajstić information content (AvgIpc) is 3.47. The Morgan fingerprint density at radius 2 is 1.73 bits per heavy atom. The van der Waals surface area contributed by atoms with Crippen LogP contribution >= 0.6 is 34.8 Å². The van der Waals surface area contributed by atoms with Gasteiger partial charge in [-0.05, 0) is 59.3 Å². The minimum atomic E-state index is -2.01. The third-order valence-electron chi connectivity index (χ3n) is 8.53. The van der Waals surface area contributed by atoms with E-state index in [9.17, 15) is 9.90 Å². The molecule has 3 aromatic carbocycles. The van der Waals surface area contributed by atoms with Crippen LogP contribution in [0.3, 0.4) is 0 Å². The summed E-state index contributed by atoms with van der Waals surface area (Å²) >= 11 is 17.1. The molecule has 236 valence electrons. The molecule has 5 unspecified atom stereocenters. The van der Waals surface area contributed by atoms with Crippen LogP contribution in [0.4, 0.5) is 0 Å². The molecule has 5 atom stereocenters. The minimum absolute atomic E-state index is 0.00116. The van der Waals surface area contributed by atoms with E-state index in [0.717, 1.165) is 59.3 Å². The number of alkyl halides is 3. The molecule has 2 fully saturated rings. The van der Waals surface area contributed by atoms with Crippen molar-refractivity contribution in [3.8, 4) is 11.1 Å². The summed E-state index contributed by atoms with van der Waals surface area (Å²) < 4.78 is 17.0. The van der Waals surface area contributed by atoms with E-state index in [0.29, 0.717) is 12.6 Å². The fraction of sp³-hybridized carbons (Fsp3) is 0.441. The second kappa shape index (κ2) is 14.9. The molecule has 1 amide bonds. The van der Waals surface area contributed by atoms with E-state index in [-0.39, 0.29) is 31.3 Å². The van der Waals surface area contributed by atoms with Crippen molar-refractivity contribution in [1.29, 1.82) is 0 Å². The van der Waals surface area contributed by atoms with Crippen LogP contribution in [-0.2, 0) is 32.2 Å². The van der Waals surface area contributed by atoms with E-state index in [1.54, 1.807) is 7.11 Å². The third-order valence-corrected chi connectivity index (χ3v) is 9.04. The van der Waals surface area contributed by atoms with Gasteiger partial charge in [0.25, 0.3) is 9.70 Å². The molecule has 2 saturated heterocycles.